The van der Waals surface area contributed by atoms with Crippen LogP contribution in [0.3, 0.4) is 0 Å². The van der Waals surface area contributed by atoms with Crippen LogP contribution in [0.2, 0.25) is 0 Å². The van der Waals surface area contributed by atoms with Gasteiger partial charge in [-0.15, -0.1) is 0 Å². The molecule has 1 unspecified atom stereocenters. The maximum atomic E-state index is 5.62. The average molecular weight is 207 g/mol. The Balaban J connectivity index is 1.66. The van der Waals surface area contributed by atoms with E-state index in [1.807, 2.05) is 0 Å². The zero-order chi connectivity index (χ0) is 10.3. The second kappa shape index (κ2) is 5.78. The van der Waals surface area contributed by atoms with Crippen molar-refractivity contribution < 1.29 is 4.74 Å². The van der Waals surface area contributed by atoms with Gasteiger partial charge < -0.3 is 10.1 Å². The fraction of sp³-hybridized carbons (Fsp3) is 0.636. The number of nitrogens with one attached hydrogen (secondary N) is 1. The highest BCUT2D eigenvalue weighted by molar-refractivity contribution is 4.91. The predicted molar refractivity (Wildman–Crippen MR) is 57.3 cm³/mol. The Labute approximate surface area is 90.1 Å². The Kier molecular flexibility index (Phi) is 4.05. The molecule has 1 atom stereocenters. The highest BCUT2D eigenvalue weighted by Gasteiger charge is 2.12. The minimum Gasteiger partial charge on any atom is -0.375 e. The molecular formula is C11H17N3O. The molecule has 1 fully saturated rings. The molecule has 1 aliphatic heterocycles. The van der Waals surface area contributed by atoms with Gasteiger partial charge in [-0.25, -0.2) is 0 Å². The van der Waals surface area contributed by atoms with Crippen LogP contribution in [0.5, 0.6) is 0 Å². The summed E-state index contributed by atoms with van der Waals surface area (Å²) in [6, 6.07) is 0. The monoisotopic (exact) mass is 207 g/mol. The first-order chi connectivity index (χ1) is 7.45. The number of nitrogens with zero attached hydrogens (tertiary/aromatic N) is 2. The zero-order valence-corrected chi connectivity index (χ0v) is 8.85. The number of aromatic nitrogens is 2. The van der Waals surface area contributed by atoms with E-state index in [1.165, 1.54) is 12.8 Å². The first kappa shape index (κ1) is 10.5. The largest absolute Gasteiger partial charge is 0.375 e. The quantitative estimate of drug-likeness (QED) is 0.800. The lowest BCUT2D eigenvalue weighted by Crippen LogP contribution is -2.32. The van der Waals surface area contributed by atoms with E-state index in [9.17, 15) is 0 Å². The topological polar surface area (TPSA) is 47.0 Å². The number of piperidine rings is 1. The van der Waals surface area contributed by atoms with E-state index in [1.54, 1.807) is 18.6 Å². The van der Waals surface area contributed by atoms with Gasteiger partial charge in [0.15, 0.2) is 0 Å². The Hall–Kier alpha value is -1.00. The molecule has 0 aromatic carbocycles. The molecule has 2 heterocycles. The third kappa shape index (κ3) is 3.57. The van der Waals surface area contributed by atoms with E-state index >= 15 is 0 Å². The summed E-state index contributed by atoms with van der Waals surface area (Å²) in [4.78, 5) is 8.15. The summed E-state index contributed by atoms with van der Waals surface area (Å²) in [7, 11) is 0. The number of ether oxygens (including phenoxy) is 1. The standard InChI is InChI=1S/C11H17N3O/c1-2-10(6-12-3-1)8-15-9-11-7-13-4-5-14-11/h4-5,7,10,12H,1-3,6,8-9H2. The molecule has 0 bridgehead atoms. The summed E-state index contributed by atoms with van der Waals surface area (Å²) in [5.74, 6) is 0.662. The second-order valence-corrected chi connectivity index (χ2v) is 3.92. The fourth-order valence-corrected chi connectivity index (χ4v) is 1.80. The Bertz CT molecular complexity index is 272. The molecule has 0 aliphatic carbocycles. The Morgan fingerprint density at radius 2 is 2.47 bits per heavy atom. The lowest BCUT2D eigenvalue weighted by atomic mass is 10.0. The van der Waals surface area contributed by atoms with Gasteiger partial charge in [-0.2, -0.15) is 0 Å². The van der Waals surface area contributed by atoms with Gasteiger partial charge in [0.2, 0.25) is 0 Å². The lowest BCUT2D eigenvalue weighted by molar-refractivity contribution is 0.0761. The normalized spacial score (nSPS) is 21.5. The molecule has 15 heavy (non-hydrogen) atoms. The molecule has 4 nitrogen and oxygen atoms in total. The van der Waals surface area contributed by atoms with Crippen LogP contribution in [0.4, 0.5) is 0 Å². The third-order valence-electron chi connectivity index (χ3n) is 2.62. The van der Waals surface area contributed by atoms with Crippen molar-refractivity contribution in [2.24, 2.45) is 5.92 Å². The Morgan fingerprint density at radius 1 is 1.47 bits per heavy atom. The van der Waals surface area contributed by atoms with Gasteiger partial charge in [0.1, 0.15) is 0 Å². The maximum absolute atomic E-state index is 5.62. The van der Waals surface area contributed by atoms with Gasteiger partial charge in [0.25, 0.3) is 0 Å². The molecule has 1 N–H and O–H groups in total. The van der Waals surface area contributed by atoms with Crippen LogP contribution < -0.4 is 5.32 Å². The van der Waals surface area contributed by atoms with Crippen LogP contribution in [0.15, 0.2) is 18.6 Å². The van der Waals surface area contributed by atoms with Crippen molar-refractivity contribution in [3.8, 4) is 0 Å². The van der Waals surface area contributed by atoms with E-state index < -0.39 is 0 Å². The Morgan fingerprint density at radius 3 is 3.20 bits per heavy atom. The van der Waals surface area contributed by atoms with Crippen molar-refractivity contribution in [1.82, 2.24) is 15.3 Å². The van der Waals surface area contributed by atoms with Crippen LogP contribution >= 0.6 is 0 Å². The van der Waals surface area contributed by atoms with Crippen molar-refractivity contribution >= 4 is 0 Å². The first-order valence-corrected chi connectivity index (χ1v) is 5.48. The number of rotatable bonds is 4. The molecular weight excluding hydrogens is 190 g/mol. The molecule has 0 saturated carbocycles. The third-order valence-corrected chi connectivity index (χ3v) is 2.62. The summed E-state index contributed by atoms with van der Waals surface area (Å²) in [6.07, 6.45) is 7.65. The number of hydrogen-bond donors (Lipinski definition) is 1. The lowest BCUT2D eigenvalue weighted by Gasteiger charge is -2.22. The zero-order valence-electron chi connectivity index (χ0n) is 8.85. The van der Waals surface area contributed by atoms with Crippen molar-refractivity contribution in [3.63, 3.8) is 0 Å². The van der Waals surface area contributed by atoms with E-state index in [0.29, 0.717) is 12.5 Å². The molecule has 1 aromatic rings. The summed E-state index contributed by atoms with van der Waals surface area (Å²) in [5, 5.41) is 3.38. The van der Waals surface area contributed by atoms with Crippen LogP contribution in [0, 0.1) is 5.92 Å². The van der Waals surface area contributed by atoms with Crippen LogP contribution in [0.1, 0.15) is 18.5 Å². The van der Waals surface area contributed by atoms with Crippen LogP contribution in [0.25, 0.3) is 0 Å². The van der Waals surface area contributed by atoms with Crippen molar-refractivity contribution in [3.05, 3.63) is 24.3 Å². The molecule has 1 aliphatic rings. The summed E-state index contributed by atoms with van der Waals surface area (Å²) in [6.45, 7) is 3.63. The minimum atomic E-state index is 0.574. The molecule has 1 aromatic heterocycles. The minimum absolute atomic E-state index is 0.574. The van der Waals surface area contributed by atoms with Crippen LogP contribution in [-0.4, -0.2) is 29.7 Å². The van der Waals surface area contributed by atoms with Gasteiger partial charge in [-0.1, -0.05) is 0 Å². The summed E-state index contributed by atoms with van der Waals surface area (Å²) in [5.41, 5.74) is 0.904. The van der Waals surface area contributed by atoms with Crippen molar-refractivity contribution in [2.45, 2.75) is 19.4 Å². The first-order valence-electron chi connectivity index (χ1n) is 5.48. The van der Waals surface area contributed by atoms with E-state index in [4.69, 9.17) is 4.74 Å². The van der Waals surface area contributed by atoms with Crippen molar-refractivity contribution in [2.75, 3.05) is 19.7 Å². The molecule has 1 saturated heterocycles. The maximum Gasteiger partial charge on any atom is 0.0903 e. The second-order valence-electron chi connectivity index (χ2n) is 3.92. The molecule has 0 amide bonds. The average Bonchev–Trinajstić information content (AvgIpc) is 2.32. The summed E-state index contributed by atoms with van der Waals surface area (Å²) < 4.78 is 5.62. The van der Waals surface area contributed by atoms with Crippen molar-refractivity contribution in [1.29, 1.82) is 0 Å². The van der Waals surface area contributed by atoms with Gasteiger partial charge in [-0.05, 0) is 25.3 Å². The molecule has 2 rings (SSSR count). The van der Waals surface area contributed by atoms with Gasteiger partial charge in [0, 0.05) is 18.9 Å². The predicted octanol–water partition coefficient (Wildman–Crippen LogP) is 0.993. The highest BCUT2D eigenvalue weighted by atomic mass is 16.5. The molecule has 0 radical (unpaired) electrons. The van der Waals surface area contributed by atoms with Crippen LogP contribution in [-0.2, 0) is 11.3 Å². The smallest absolute Gasteiger partial charge is 0.0903 e. The van der Waals surface area contributed by atoms with Gasteiger partial charge >= 0.3 is 0 Å². The number of hydrogen-bond acceptors (Lipinski definition) is 4. The van der Waals surface area contributed by atoms with Gasteiger partial charge in [-0.3, -0.25) is 9.97 Å². The molecule has 4 heteroatoms. The van der Waals surface area contributed by atoms with E-state index in [-0.39, 0.29) is 0 Å². The van der Waals surface area contributed by atoms with E-state index in [2.05, 4.69) is 15.3 Å². The fourth-order valence-electron chi connectivity index (χ4n) is 1.80. The highest BCUT2D eigenvalue weighted by Crippen LogP contribution is 2.10. The van der Waals surface area contributed by atoms with Gasteiger partial charge in [0.05, 0.1) is 25.1 Å². The SMILES string of the molecule is c1cnc(COCC2CCCNC2)cn1. The molecule has 0 spiro atoms. The molecule has 82 valence electrons. The summed E-state index contributed by atoms with van der Waals surface area (Å²) >= 11 is 0. The van der Waals surface area contributed by atoms with E-state index in [0.717, 1.165) is 25.4 Å².